The second-order valence-electron chi connectivity index (χ2n) is 5.30. The Kier molecular flexibility index (Phi) is 1.88. The second-order valence-corrected chi connectivity index (χ2v) is 5.30. The molecule has 0 radical (unpaired) electrons. The van der Waals surface area contributed by atoms with Gasteiger partial charge in [-0.05, 0) is 42.5 Å². The average Bonchev–Trinajstić information content (AvgIpc) is 2.50. The SMILES string of the molecule is CC1=Nc2ccc3c(c2C1(C)C)C=CCC3. The lowest BCUT2D eigenvalue weighted by molar-refractivity contribution is 0.728. The van der Waals surface area contributed by atoms with Gasteiger partial charge in [0.2, 0.25) is 0 Å². The Bertz CT molecular complexity index is 518. The van der Waals surface area contributed by atoms with Gasteiger partial charge in [0.05, 0.1) is 5.69 Å². The average molecular weight is 211 g/mol. The molecule has 1 aliphatic carbocycles. The molecule has 1 aliphatic heterocycles. The molecule has 0 N–H and O–H groups in total. The van der Waals surface area contributed by atoms with Crippen molar-refractivity contribution in [3.63, 3.8) is 0 Å². The highest BCUT2D eigenvalue weighted by atomic mass is 14.8. The van der Waals surface area contributed by atoms with E-state index in [1.54, 1.807) is 0 Å². The van der Waals surface area contributed by atoms with E-state index in [1.807, 2.05) is 0 Å². The van der Waals surface area contributed by atoms with Crippen LogP contribution in [0.5, 0.6) is 0 Å². The molecule has 0 bridgehead atoms. The Morgan fingerprint density at radius 3 is 2.88 bits per heavy atom. The van der Waals surface area contributed by atoms with Crippen LogP contribution in [0.15, 0.2) is 23.2 Å². The first kappa shape index (κ1) is 9.83. The summed E-state index contributed by atoms with van der Waals surface area (Å²) >= 11 is 0. The topological polar surface area (TPSA) is 12.4 Å². The third kappa shape index (κ3) is 1.14. The van der Waals surface area contributed by atoms with E-state index in [2.05, 4.69) is 45.1 Å². The van der Waals surface area contributed by atoms with Gasteiger partial charge in [0.1, 0.15) is 0 Å². The van der Waals surface area contributed by atoms with E-state index in [-0.39, 0.29) is 5.41 Å². The molecule has 16 heavy (non-hydrogen) atoms. The maximum atomic E-state index is 4.70. The molecule has 0 fully saturated rings. The third-order valence-electron chi connectivity index (χ3n) is 4.00. The van der Waals surface area contributed by atoms with Crippen LogP contribution in [0.2, 0.25) is 0 Å². The van der Waals surface area contributed by atoms with Crippen LogP contribution in [0.1, 0.15) is 43.9 Å². The van der Waals surface area contributed by atoms with E-state index in [0.29, 0.717) is 0 Å². The van der Waals surface area contributed by atoms with E-state index in [9.17, 15) is 0 Å². The Morgan fingerprint density at radius 2 is 2.06 bits per heavy atom. The van der Waals surface area contributed by atoms with Crippen molar-refractivity contribution < 1.29 is 0 Å². The minimum atomic E-state index is 0.0996. The van der Waals surface area contributed by atoms with Crippen molar-refractivity contribution in [2.75, 3.05) is 0 Å². The van der Waals surface area contributed by atoms with Crippen molar-refractivity contribution in [3.8, 4) is 0 Å². The van der Waals surface area contributed by atoms with E-state index in [4.69, 9.17) is 4.99 Å². The van der Waals surface area contributed by atoms with Crippen LogP contribution in [0.25, 0.3) is 6.08 Å². The summed E-state index contributed by atoms with van der Waals surface area (Å²) in [6, 6.07) is 4.43. The highest BCUT2D eigenvalue weighted by Gasteiger charge is 2.34. The number of aryl methyl sites for hydroxylation is 1. The van der Waals surface area contributed by atoms with Gasteiger partial charge < -0.3 is 0 Å². The molecule has 1 nitrogen and oxygen atoms in total. The van der Waals surface area contributed by atoms with Gasteiger partial charge in [0.15, 0.2) is 0 Å². The summed E-state index contributed by atoms with van der Waals surface area (Å²) < 4.78 is 0. The van der Waals surface area contributed by atoms with Crippen molar-refractivity contribution in [2.24, 2.45) is 4.99 Å². The number of aliphatic imine (C=N–C) groups is 1. The van der Waals surface area contributed by atoms with Gasteiger partial charge in [-0.25, -0.2) is 0 Å². The van der Waals surface area contributed by atoms with Crippen LogP contribution in [0.4, 0.5) is 5.69 Å². The molecule has 0 atom stereocenters. The van der Waals surface area contributed by atoms with Gasteiger partial charge in [-0.2, -0.15) is 0 Å². The fourth-order valence-electron chi connectivity index (χ4n) is 2.75. The minimum Gasteiger partial charge on any atom is -0.257 e. The molecule has 1 aromatic carbocycles. The summed E-state index contributed by atoms with van der Waals surface area (Å²) in [7, 11) is 0. The number of hydrogen-bond acceptors (Lipinski definition) is 1. The fourth-order valence-corrected chi connectivity index (χ4v) is 2.75. The summed E-state index contributed by atoms with van der Waals surface area (Å²) in [6.07, 6.45) is 6.92. The first-order valence-electron chi connectivity index (χ1n) is 5.99. The molecule has 0 aromatic heterocycles. The maximum Gasteiger partial charge on any atom is 0.0676 e. The summed E-state index contributed by atoms with van der Waals surface area (Å²) in [5, 5.41) is 0. The lowest BCUT2D eigenvalue weighted by Crippen LogP contribution is -2.24. The lowest BCUT2D eigenvalue weighted by atomic mass is 9.77. The molecule has 2 aliphatic rings. The maximum absolute atomic E-state index is 4.70. The van der Waals surface area contributed by atoms with E-state index in [1.165, 1.54) is 40.9 Å². The molecule has 1 aromatic rings. The van der Waals surface area contributed by atoms with E-state index < -0.39 is 0 Å². The van der Waals surface area contributed by atoms with E-state index >= 15 is 0 Å². The van der Waals surface area contributed by atoms with Gasteiger partial charge in [0.25, 0.3) is 0 Å². The molecule has 0 unspecified atom stereocenters. The molecule has 82 valence electrons. The van der Waals surface area contributed by atoms with Gasteiger partial charge in [-0.1, -0.05) is 32.1 Å². The zero-order valence-electron chi connectivity index (χ0n) is 10.2. The zero-order valence-corrected chi connectivity index (χ0v) is 10.2. The number of hydrogen-bond donors (Lipinski definition) is 0. The van der Waals surface area contributed by atoms with Crippen LogP contribution in [0, 0.1) is 0 Å². The van der Waals surface area contributed by atoms with Crippen LogP contribution in [0.3, 0.4) is 0 Å². The Balaban J connectivity index is 2.30. The first-order chi connectivity index (χ1) is 7.60. The van der Waals surface area contributed by atoms with Crippen molar-refractivity contribution >= 4 is 17.5 Å². The van der Waals surface area contributed by atoms with Crippen LogP contribution in [-0.4, -0.2) is 5.71 Å². The third-order valence-corrected chi connectivity index (χ3v) is 4.00. The molecule has 3 rings (SSSR count). The van der Waals surface area contributed by atoms with Crippen LogP contribution in [-0.2, 0) is 11.8 Å². The molecule has 0 amide bonds. The largest absolute Gasteiger partial charge is 0.257 e. The first-order valence-corrected chi connectivity index (χ1v) is 5.99. The van der Waals surface area contributed by atoms with E-state index in [0.717, 1.165) is 0 Å². The fraction of sp³-hybridized carbons (Fsp3) is 0.400. The molecule has 0 spiro atoms. The standard InChI is InChI=1S/C15H17N/c1-10-15(2,3)14-12-7-5-4-6-11(12)8-9-13(14)16-10/h5,7-9H,4,6H2,1-3H3. The number of fused-ring (bicyclic) bond motifs is 3. The predicted molar refractivity (Wildman–Crippen MR) is 69.6 cm³/mol. The highest BCUT2D eigenvalue weighted by Crippen LogP contribution is 2.44. The number of allylic oxidation sites excluding steroid dienone is 1. The van der Waals surface area contributed by atoms with Gasteiger partial charge in [-0.15, -0.1) is 0 Å². The van der Waals surface area contributed by atoms with Crippen molar-refractivity contribution in [2.45, 2.75) is 39.0 Å². The number of benzene rings is 1. The second kappa shape index (κ2) is 3.07. The predicted octanol–water partition coefficient (Wildman–Crippen LogP) is 4.03. The normalized spacial score (nSPS) is 20.3. The quantitative estimate of drug-likeness (QED) is 0.614. The Labute approximate surface area is 96.9 Å². The monoisotopic (exact) mass is 211 g/mol. The van der Waals surface area contributed by atoms with Crippen molar-refractivity contribution in [1.29, 1.82) is 0 Å². The smallest absolute Gasteiger partial charge is 0.0676 e. The highest BCUT2D eigenvalue weighted by molar-refractivity contribution is 6.01. The molecule has 1 heterocycles. The van der Waals surface area contributed by atoms with Gasteiger partial charge in [-0.3, -0.25) is 4.99 Å². The van der Waals surface area contributed by atoms with Crippen LogP contribution >= 0.6 is 0 Å². The minimum absolute atomic E-state index is 0.0996. The van der Waals surface area contributed by atoms with Crippen molar-refractivity contribution in [3.05, 3.63) is 34.9 Å². The summed E-state index contributed by atoms with van der Waals surface area (Å²) in [6.45, 7) is 6.69. The summed E-state index contributed by atoms with van der Waals surface area (Å²) in [4.78, 5) is 4.70. The Hall–Kier alpha value is -1.37. The van der Waals surface area contributed by atoms with Gasteiger partial charge >= 0.3 is 0 Å². The molecular weight excluding hydrogens is 194 g/mol. The molecular formula is C15H17N. The summed E-state index contributed by atoms with van der Waals surface area (Å²) in [5.41, 5.74) is 6.84. The zero-order chi connectivity index (χ0) is 11.3. The number of rotatable bonds is 0. The molecule has 0 saturated carbocycles. The summed E-state index contributed by atoms with van der Waals surface area (Å²) in [5.74, 6) is 0. The van der Waals surface area contributed by atoms with Crippen molar-refractivity contribution in [1.82, 2.24) is 0 Å². The number of nitrogens with zero attached hydrogens (tertiary/aromatic N) is 1. The molecule has 0 saturated heterocycles. The van der Waals surface area contributed by atoms with Gasteiger partial charge in [0, 0.05) is 11.1 Å². The lowest BCUT2D eigenvalue weighted by Gasteiger charge is -2.25. The Morgan fingerprint density at radius 1 is 1.25 bits per heavy atom. The molecule has 1 heteroatoms. The van der Waals surface area contributed by atoms with Crippen LogP contribution < -0.4 is 0 Å².